The van der Waals surface area contributed by atoms with Gasteiger partial charge in [-0.2, -0.15) is 0 Å². The van der Waals surface area contributed by atoms with Gasteiger partial charge in [-0.3, -0.25) is 4.79 Å². The van der Waals surface area contributed by atoms with E-state index >= 15 is 0 Å². The van der Waals surface area contributed by atoms with Crippen LogP contribution in [0.5, 0.6) is 0 Å². The number of hydrogen-bond donors (Lipinski definition) is 3. The predicted molar refractivity (Wildman–Crippen MR) is 69.3 cm³/mol. The second-order valence-electron chi connectivity index (χ2n) is 5.27. The van der Waals surface area contributed by atoms with Crippen molar-refractivity contribution in [3.8, 4) is 0 Å². The molecule has 1 atom stereocenters. The zero-order valence-electron chi connectivity index (χ0n) is 10.9. The van der Waals surface area contributed by atoms with Gasteiger partial charge in [0.15, 0.2) is 0 Å². The summed E-state index contributed by atoms with van der Waals surface area (Å²) in [5, 5.41) is 11.3. The monoisotopic (exact) mass is 292 g/mol. The number of sulfone groups is 1. The summed E-state index contributed by atoms with van der Waals surface area (Å²) < 4.78 is 22.0. The van der Waals surface area contributed by atoms with Gasteiger partial charge in [0.25, 0.3) is 0 Å². The molecule has 0 spiro atoms. The third-order valence-electron chi connectivity index (χ3n) is 3.27. The number of aliphatic carboxylic acids is 1. The van der Waals surface area contributed by atoms with E-state index in [2.05, 4.69) is 5.32 Å². The lowest BCUT2D eigenvalue weighted by Crippen LogP contribution is -2.52. The van der Waals surface area contributed by atoms with Crippen molar-refractivity contribution < 1.29 is 23.1 Å². The lowest BCUT2D eigenvalue weighted by Gasteiger charge is -2.37. The van der Waals surface area contributed by atoms with Gasteiger partial charge in [-0.05, 0) is 25.7 Å². The van der Waals surface area contributed by atoms with Crippen LogP contribution in [0.4, 0.5) is 0 Å². The Morgan fingerprint density at radius 1 is 1.42 bits per heavy atom. The Morgan fingerprint density at radius 3 is 2.37 bits per heavy atom. The molecule has 1 aliphatic rings. The van der Waals surface area contributed by atoms with Gasteiger partial charge in [0, 0.05) is 18.2 Å². The number of hydrogen-bond acceptors (Lipinski definition) is 5. The highest BCUT2D eigenvalue weighted by molar-refractivity contribution is 7.90. The fraction of sp³-hybridized carbons (Fsp3) is 0.818. The van der Waals surface area contributed by atoms with E-state index in [1.165, 1.54) is 0 Å². The number of carbonyl (C=O) groups excluding carboxylic acids is 1. The summed E-state index contributed by atoms with van der Waals surface area (Å²) in [4.78, 5) is 22.6. The van der Waals surface area contributed by atoms with Crippen LogP contribution >= 0.6 is 0 Å². The van der Waals surface area contributed by atoms with Crippen molar-refractivity contribution in [2.75, 3.05) is 12.0 Å². The molecule has 110 valence electrons. The maximum absolute atomic E-state index is 11.7. The average molecular weight is 292 g/mol. The molecule has 1 rings (SSSR count). The molecule has 0 saturated heterocycles. The van der Waals surface area contributed by atoms with Gasteiger partial charge < -0.3 is 16.2 Å². The molecule has 1 fully saturated rings. The van der Waals surface area contributed by atoms with E-state index in [1.54, 1.807) is 0 Å². The lowest BCUT2D eigenvalue weighted by atomic mass is 9.75. The normalized spacial score (nSPS) is 19.3. The van der Waals surface area contributed by atoms with Crippen LogP contribution in [-0.4, -0.2) is 49.0 Å². The highest BCUT2D eigenvalue weighted by Crippen LogP contribution is 2.31. The molecular formula is C11H20N2O5S. The molecule has 7 nitrogen and oxygen atoms in total. The molecule has 0 aromatic heterocycles. The van der Waals surface area contributed by atoms with Crippen molar-refractivity contribution in [2.24, 2.45) is 5.73 Å². The first kappa shape index (κ1) is 15.9. The summed E-state index contributed by atoms with van der Waals surface area (Å²) in [6.07, 6.45) is 3.44. The summed E-state index contributed by atoms with van der Waals surface area (Å²) in [5.41, 5.74) is 5.37. The minimum atomic E-state index is -3.26. The van der Waals surface area contributed by atoms with E-state index in [0.29, 0.717) is 0 Å². The molecule has 0 aromatic rings. The lowest BCUT2D eigenvalue weighted by molar-refractivity contribution is -0.142. The number of carboxylic acids is 1. The molecule has 8 heteroatoms. The highest BCUT2D eigenvalue weighted by atomic mass is 32.2. The van der Waals surface area contributed by atoms with E-state index in [0.717, 1.165) is 25.5 Å². The number of amides is 1. The van der Waals surface area contributed by atoms with Gasteiger partial charge in [-0.1, -0.05) is 0 Å². The first-order chi connectivity index (χ1) is 8.61. The Labute approximate surface area is 112 Å². The molecule has 4 N–H and O–H groups in total. The zero-order chi connectivity index (χ0) is 14.7. The van der Waals surface area contributed by atoms with Crippen LogP contribution in [0.3, 0.4) is 0 Å². The third kappa shape index (κ3) is 5.56. The molecule has 0 radical (unpaired) electrons. The standard InChI is InChI=1S/C11H20N2O5S/c1-19(17,18)6-3-8(10(15)16)13-9(14)7-11(12)4-2-5-11/h8H,2-7,12H2,1H3,(H,13,14)(H,15,16). The molecule has 0 aliphatic heterocycles. The quantitative estimate of drug-likeness (QED) is 0.567. The van der Waals surface area contributed by atoms with Crippen LogP contribution in [0.15, 0.2) is 0 Å². The number of nitrogens with two attached hydrogens (primary N) is 1. The second kappa shape index (κ2) is 5.87. The first-order valence-corrected chi connectivity index (χ1v) is 8.16. The Kier molecular flexibility index (Phi) is 4.92. The Morgan fingerprint density at radius 2 is 2.00 bits per heavy atom. The molecule has 1 saturated carbocycles. The van der Waals surface area contributed by atoms with E-state index in [9.17, 15) is 18.0 Å². The molecule has 0 bridgehead atoms. The first-order valence-electron chi connectivity index (χ1n) is 6.10. The molecular weight excluding hydrogens is 272 g/mol. The SMILES string of the molecule is CS(=O)(=O)CCC(NC(=O)CC1(N)CCC1)C(=O)O. The summed E-state index contributed by atoms with van der Waals surface area (Å²) in [6, 6.07) is -1.19. The minimum Gasteiger partial charge on any atom is -0.480 e. The van der Waals surface area contributed by atoms with Crippen LogP contribution in [0, 0.1) is 0 Å². The predicted octanol–water partition coefficient (Wildman–Crippen LogP) is -0.738. The van der Waals surface area contributed by atoms with E-state index in [4.69, 9.17) is 10.8 Å². The summed E-state index contributed by atoms with van der Waals surface area (Å²) in [5.74, 6) is -1.96. The number of nitrogens with one attached hydrogen (secondary N) is 1. The Balaban J connectivity index is 2.48. The van der Waals surface area contributed by atoms with Crippen LogP contribution in [0.1, 0.15) is 32.1 Å². The van der Waals surface area contributed by atoms with Crippen molar-refractivity contribution in [2.45, 2.75) is 43.7 Å². The minimum absolute atomic E-state index is 0.0790. The maximum atomic E-state index is 11.7. The van der Waals surface area contributed by atoms with Gasteiger partial charge in [-0.15, -0.1) is 0 Å². The zero-order valence-corrected chi connectivity index (χ0v) is 11.7. The Bertz CT molecular complexity index is 456. The fourth-order valence-electron chi connectivity index (χ4n) is 1.96. The molecule has 0 aromatic carbocycles. The van der Waals surface area contributed by atoms with E-state index < -0.39 is 33.3 Å². The van der Waals surface area contributed by atoms with Gasteiger partial charge in [0.2, 0.25) is 5.91 Å². The largest absolute Gasteiger partial charge is 0.480 e. The third-order valence-corrected chi connectivity index (χ3v) is 4.25. The maximum Gasteiger partial charge on any atom is 0.326 e. The van der Waals surface area contributed by atoms with Crippen molar-refractivity contribution in [3.05, 3.63) is 0 Å². The van der Waals surface area contributed by atoms with Crippen molar-refractivity contribution >= 4 is 21.7 Å². The summed E-state index contributed by atoms with van der Waals surface area (Å²) in [7, 11) is -3.26. The van der Waals surface area contributed by atoms with Gasteiger partial charge in [-0.25, -0.2) is 13.2 Å². The number of carbonyl (C=O) groups is 2. The van der Waals surface area contributed by atoms with Crippen LogP contribution in [0.2, 0.25) is 0 Å². The number of carboxylic acid groups (broad SMARTS) is 1. The van der Waals surface area contributed by atoms with E-state index in [-0.39, 0.29) is 18.6 Å². The van der Waals surface area contributed by atoms with Gasteiger partial charge in [0.1, 0.15) is 15.9 Å². The van der Waals surface area contributed by atoms with Crippen molar-refractivity contribution in [1.29, 1.82) is 0 Å². The van der Waals surface area contributed by atoms with E-state index in [1.807, 2.05) is 0 Å². The molecule has 1 amide bonds. The summed E-state index contributed by atoms with van der Waals surface area (Å²) >= 11 is 0. The second-order valence-corrected chi connectivity index (χ2v) is 7.53. The van der Waals surface area contributed by atoms with Crippen LogP contribution < -0.4 is 11.1 Å². The topological polar surface area (TPSA) is 127 Å². The van der Waals surface area contributed by atoms with Crippen molar-refractivity contribution in [3.63, 3.8) is 0 Å². The number of rotatable bonds is 7. The average Bonchev–Trinajstić information content (AvgIpc) is 2.20. The summed E-state index contributed by atoms with van der Waals surface area (Å²) in [6.45, 7) is 0. The van der Waals surface area contributed by atoms with Gasteiger partial charge in [0.05, 0.1) is 5.75 Å². The molecule has 1 unspecified atom stereocenters. The molecule has 19 heavy (non-hydrogen) atoms. The van der Waals surface area contributed by atoms with Crippen molar-refractivity contribution in [1.82, 2.24) is 5.32 Å². The van der Waals surface area contributed by atoms with Gasteiger partial charge >= 0.3 is 5.97 Å². The van der Waals surface area contributed by atoms with Crippen LogP contribution in [-0.2, 0) is 19.4 Å². The molecule has 1 aliphatic carbocycles. The fourth-order valence-corrected chi connectivity index (χ4v) is 2.63. The smallest absolute Gasteiger partial charge is 0.326 e. The molecule has 0 heterocycles. The van der Waals surface area contributed by atoms with Crippen LogP contribution in [0.25, 0.3) is 0 Å². The Hall–Kier alpha value is -1.15. The highest BCUT2D eigenvalue weighted by Gasteiger charge is 2.35.